The van der Waals surface area contributed by atoms with E-state index in [-0.39, 0.29) is 6.10 Å². The maximum Gasteiger partial charge on any atom is 0.0954 e. The Hall–Kier alpha value is -0.450. The number of methoxy groups -OCH3 is 1. The summed E-state index contributed by atoms with van der Waals surface area (Å²) in [4.78, 5) is 4.70. The highest BCUT2D eigenvalue weighted by molar-refractivity contribution is 7.09. The minimum absolute atomic E-state index is 0.262. The van der Waals surface area contributed by atoms with Crippen molar-refractivity contribution in [2.24, 2.45) is 0 Å². The first-order valence-corrected chi connectivity index (χ1v) is 6.88. The van der Waals surface area contributed by atoms with Crippen LogP contribution in [0, 0.1) is 0 Å². The Morgan fingerprint density at radius 3 is 3.19 bits per heavy atom. The summed E-state index contributed by atoms with van der Waals surface area (Å²) in [6.07, 6.45) is 5.03. The first-order chi connectivity index (χ1) is 7.79. The second kappa shape index (κ2) is 5.75. The summed E-state index contributed by atoms with van der Waals surface area (Å²) in [5.74, 6) is 0. The van der Waals surface area contributed by atoms with Crippen LogP contribution in [0.2, 0.25) is 0 Å². The quantitative estimate of drug-likeness (QED) is 0.878. The molecular formula is C12H20N2OS. The summed E-state index contributed by atoms with van der Waals surface area (Å²) in [5.41, 5.74) is 1.23. The number of aromatic nitrogens is 1. The van der Waals surface area contributed by atoms with Crippen molar-refractivity contribution < 1.29 is 4.74 Å². The van der Waals surface area contributed by atoms with E-state index in [0.717, 1.165) is 13.0 Å². The lowest BCUT2D eigenvalue weighted by atomic mass is 10.0. The van der Waals surface area contributed by atoms with E-state index in [1.165, 1.54) is 30.0 Å². The Morgan fingerprint density at radius 1 is 1.62 bits per heavy atom. The average molecular weight is 240 g/mol. The molecule has 2 heterocycles. The molecule has 1 fully saturated rings. The van der Waals surface area contributed by atoms with Crippen molar-refractivity contribution in [3.8, 4) is 0 Å². The molecule has 2 rings (SSSR count). The number of thiazole rings is 1. The molecule has 0 amide bonds. The Morgan fingerprint density at radius 2 is 2.50 bits per heavy atom. The average Bonchev–Trinajstić information content (AvgIpc) is 2.78. The van der Waals surface area contributed by atoms with Gasteiger partial charge in [0.2, 0.25) is 0 Å². The van der Waals surface area contributed by atoms with E-state index in [9.17, 15) is 0 Å². The fraction of sp³-hybridized carbons (Fsp3) is 0.750. The highest BCUT2D eigenvalue weighted by Crippen LogP contribution is 2.24. The van der Waals surface area contributed by atoms with Crippen LogP contribution in [0.5, 0.6) is 0 Å². The van der Waals surface area contributed by atoms with Crippen molar-refractivity contribution in [1.29, 1.82) is 0 Å². The molecule has 1 N–H and O–H groups in total. The molecular weight excluding hydrogens is 220 g/mol. The Kier molecular flexibility index (Phi) is 4.32. The van der Waals surface area contributed by atoms with Crippen LogP contribution in [0.4, 0.5) is 0 Å². The molecule has 90 valence electrons. The standard InChI is InChI=1S/C12H20N2OS/c1-9(15-2)7-12-14-11(8-16-12)10-5-3-4-6-13-10/h8-10,13H,3-7H2,1-2H3. The zero-order valence-corrected chi connectivity index (χ0v) is 10.8. The molecule has 1 saturated heterocycles. The molecule has 2 atom stereocenters. The number of nitrogens with one attached hydrogen (secondary N) is 1. The van der Waals surface area contributed by atoms with E-state index in [0.29, 0.717) is 6.04 Å². The molecule has 16 heavy (non-hydrogen) atoms. The minimum atomic E-state index is 0.262. The Labute approximate surface area is 101 Å². The van der Waals surface area contributed by atoms with Gasteiger partial charge in [-0.2, -0.15) is 0 Å². The molecule has 1 aromatic rings. The van der Waals surface area contributed by atoms with E-state index < -0.39 is 0 Å². The molecule has 0 spiro atoms. The van der Waals surface area contributed by atoms with E-state index >= 15 is 0 Å². The number of piperidine rings is 1. The lowest BCUT2D eigenvalue weighted by Crippen LogP contribution is -2.27. The van der Waals surface area contributed by atoms with Gasteiger partial charge in [-0.25, -0.2) is 4.98 Å². The van der Waals surface area contributed by atoms with Crippen molar-refractivity contribution in [1.82, 2.24) is 10.3 Å². The Bertz CT molecular complexity index is 321. The fourth-order valence-electron chi connectivity index (χ4n) is 2.01. The normalized spacial score (nSPS) is 23.2. The summed E-state index contributed by atoms with van der Waals surface area (Å²) in [6, 6.07) is 0.483. The predicted octanol–water partition coefficient (Wildman–Crippen LogP) is 2.54. The highest BCUT2D eigenvalue weighted by atomic mass is 32.1. The van der Waals surface area contributed by atoms with Gasteiger partial charge in [-0.05, 0) is 26.3 Å². The van der Waals surface area contributed by atoms with Crippen molar-refractivity contribution in [3.05, 3.63) is 16.1 Å². The smallest absolute Gasteiger partial charge is 0.0954 e. The van der Waals surface area contributed by atoms with Crippen molar-refractivity contribution in [2.45, 2.75) is 44.8 Å². The Balaban J connectivity index is 1.95. The van der Waals surface area contributed by atoms with Crippen LogP contribution in [0.15, 0.2) is 5.38 Å². The minimum Gasteiger partial charge on any atom is -0.381 e. The molecule has 1 aromatic heterocycles. The maximum atomic E-state index is 5.26. The van der Waals surface area contributed by atoms with Crippen LogP contribution < -0.4 is 5.32 Å². The summed E-state index contributed by atoms with van der Waals surface area (Å²) < 4.78 is 5.26. The zero-order valence-electron chi connectivity index (χ0n) is 10.0. The van der Waals surface area contributed by atoms with E-state index in [4.69, 9.17) is 9.72 Å². The molecule has 0 aromatic carbocycles. The third kappa shape index (κ3) is 3.03. The van der Waals surface area contributed by atoms with Crippen LogP contribution >= 0.6 is 11.3 Å². The largest absolute Gasteiger partial charge is 0.381 e. The molecule has 1 aliphatic heterocycles. The summed E-state index contributed by atoms with van der Waals surface area (Å²) >= 11 is 1.76. The van der Waals surface area contributed by atoms with Gasteiger partial charge >= 0.3 is 0 Å². The SMILES string of the molecule is COC(C)Cc1nc(C2CCCCN2)cs1. The summed E-state index contributed by atoms with van der Waals surface area (Å²) in [6.45, 7) is 3.21. The van der Waals surface area contributed by atoms with Gasteiger partial charge in [-0.1, -0.05) is 6.42 Å². The fourth-order valence-corrected chi connectivity index (χ4v) is 2.98. The van der Waals surface area contributed by atoms with Gasteiger partial charge in [0.15, 0.2) is 0 Å². The number of nitrogens with zero attached hydrogens (tertiary/aromatic N) is 1. The number of ether oxygens (including phenoxy) is 1. The van der Waals surface area contributed by atoms with Gasteiger partial charge in [-0.3, -0.25) is 0 Å². The van der Waals surface area contributed by atoms with Gasteiger partial charge in [0, 0.05) is 18.9 Å². The maximum absolute atomic E-state index is 5.26. The summed E-state index contributed by atoms with van der Waals surface area (Å²) in [5, 5.41) is 6.92. The zero-order chi connectivity index (χ0) is 11.4. The van der Waals surface area contributed by atoms with Gasteiger partial charge in [0.1, 0.15) is 0 Å². The van der Waals surface area contributed by atoms with Gasteiger partial charge in [0.25, 0.3) is 0 Å². The topological polar surface area (TPSA) is 34.1 Å². The molecule has 0 radical (unpaired) electrons. The van der Waals surface area contributed by atoms with E-state index in [2.05, 4.69) is 17.6 Å². The molecule has 0 saturated carbocycles. The monoisotopic (exact) mass is 240 g/mol. The van der Waals surface area contributed by atoms with Crippen LogP contribution in [0.25, 0.3) is 0 Å². The summed E-state index contributed by atoms with van der Waals surface area (Å²) in [7, 11) is 1.75. The van der Waals surface area contributed by atoms with Crippen molar-refractivity contribution in [3.63, 3.8) is 0 Å². The lowest BCUT2D eigenvalue weighted by molar-refractivity contribution is 0.118. The van der Waals surface area contributed by atoms with Crippen molar-refractivity contribution in [2.75, 3.05) is 13.7 Å². The molecule has 0 aliphatic carbocycles. The highest BCUT2D eigenvalue weighted by Gasteiger charge is 2.17. The van der Waals surface area contributed by atoms with Crippen LogP contribution in [0.3, 0.4) is 0 Å². The number of hydrogen-bond acceptors (Lipinski definition) is 4. The van der Waals surface area contributed by atoms with Gasteiger partial charge < -0.3 is 10.1 Å². The van der Waals surface area contributed by atoms with Gasteiger partial charge in [0.05, 0.1) is 22.8 Å². The van der Waals surface area contributed by atoms with E-state index in [1.807, 2.05) is 0 Å². The predicted molar refractivity (Wildman–Crippen MR) is 66.9 cm³/mol. The first-order valence-electron chi connectivity index (χ1n) is 6.00. The molecule has 4 heteroatoms. The molecule has 1 aliphatic rings. The lowest BCUT2D eigenvalue weighted by Gasteiger charge is -2.21. The second-order valence-electron chi connectivity index (χ2n) is 4.42. The van der Waals surface area contributed by atoms with E-state index in [1.54, 1.807) is 18.4 Å². The number of hydrogen-bond donors (Lipinski definition) is 1. The van der Waals surface area contributed by atoms with Crippen molar-refractivity contribution >= 4 is 11.3 Å². The molecule has 0 bridgehead atoms. The van der Waals surface area contributed by atoms with Gasteiger partial charge in [-0.15, -0.1) is 11.3 Å². The van der Waals surface area contributed by atoms with Crippen LogP contribution in [0.1, 0.15) is 42.9 Å². The van der Waals surface area contributed by atoms with Crippen LogP contribution in [-0.2, 0) is 11.2 Å². The third-order valence-corrected chi connectivity index (χ3v) is 3.99. The molecule has 2 unspecified atom stereocenters. The molecule has 3 nitrogen and oxygen atoms in total. The first kappa shape index (κ1) is 12.0. The second-order valence-corrected chi connectivity index (χ2v) is 5.36. The third-order valence-electron chi connectivity index (χ3n) is 3.10. The number of rotatable bonds is 4. The van der Waals surface area contributed by atoms with Crippen LogP contribution in [-0.4, -0.2) is 24.7 Å².